The number of H-pyrrole nitrogens is 1. The van der Waals surface area contributed by atoms with E-state index in [0.29, 0.717) is 5.41 Å². The minimum atomic E-state index is 0.431. The number of aromatic amines is 1. The molecule has 2 aliphatic rings. The van der Waals surface area contributed by atoms with Crippen LogP contribution in [0.1, 0.15) is 19.3 Å². The Morgan fingerprint density at radius 1 is 1.16 bits per heavy atom. The molecule has 5 heterocycles. The van der Waals surface area contributed by atoms with Crippen LogP contribution in [-0.4, -0.2) is 46.1 Å². The quantitative estimate of drug-likeness (QED) is 0.754. The van der Waals surface area contributed by atoms with Crippen molar-refractivity contribution in [1.82, 2.24) is 25.3 Å². The van der Waals surface area contributed by atoms with Gasteiger partial charge in [-0.15, -0.1) is 0 Å². The van der Waals surface area contributed by atoms with Gasteiger partial charge >= 0.3 is 0 Å². The average Bonchev–Trinajstić information content (AvgIpc) is 3.29. The molecular formula is C19H22N6. The predicted molar refractivity (Wildman–Crippen MR) is 98.5 cm³/mol. The summed E-state index contributed by atoms with van der Waals surface area (Å²) in [4.78, 5) is 18.8. The molecule has 0 aromatic carbocycles. The minimum absolute atomic E-state index is 0.431. The first-order valence-corrected chi connectivity index (χ1v) is 9.02. The molecule has 0 bridgehead atoms. The van der Waals surface area contributed by atoms with Crippen LogP contribution in [0.5, 0.6) is 0 Å². The van der Waals surface area contributed by atoms with Crippen molar-refractivity contribution in [3.63, 3.8) is 0 Å². The number of nitrogens with one attached hydrogen (secondary N) is 2. The Morgan fingerprint density at radius 2 is 2.08 bits per heavy atom. The molecule has 0 saturated carbocycles. The zero-order valence-electron chi connectivity index (χ0n) is 14.2. The molecule has 1 unspecified atom stereocenters. The summed E-state index contributed by atoms with van der Waals surface area (Å²) in [6.07, 6.45) is 13.1. The fraction of sp³-hybridized carbons (Fsp3) is 0.421. The van der Waals surface area contributed by atoms with Crippen molar-refractivity contribution in [2.45, 2.75) is 19.3 Å². The molecule has 1 atom stereocenters. The highest BCUT2D eigenvalue weighted by Crippen LogP contribution is 2.40. The van der Waals surface area contributed by atoms with Crippen molar-refractivity contribution in [1.29, 1.82) is 0 Å². The van der Waals surface area contributed by atoms with Gasteiger partial charge in [-0.25, -0.2) is 15.0 Å². The number of nitrogens with zero attached hydrogens (tertiary/aromatic N) is 4. The van der Waals surface area contributed by atoms with Crippen LogP contribution in [0.25, 0.3) is 22.2 Å². The minimum Gasteiger partial charge on any atom is -0.370 e. The van der Waals surface area contributed by atoms with Gasteiger partial charge in [0.05, 0.1) is 5.39 Å². The second-order valence-corrected chi connectivity index (χ2v) is 7.34. The highest BCUT2D eigenvalue weighted by Gasteiger charge is 2.38. The van der Waals surface area contributed by atoms with Crippen LogP contribution >= 0.6 is 0 Å². The van der Waals surface area contributed by atoms with E-state index >= 15 is 0 Å². The number of piperidine rings is 1. The number of fused-ring (bicyclic) bond motifs is 1. The lowest BCUT2D eigenvalue weighted by Gasteiger charge is -2.41. The van der Waals surface area contributed by atoms with E-state index in [4.69, 9.17) is 0 Å². The topological polar surface area (TPSA) is 69.7 Å². The Bertz CT molecular complexity index is 881. The van der Waals surface area contributed by atoms with Gasteiger partial charge < -0.3 is 15.2 Å². The first-order valence-electron chi connectivity index (χ1n) is 9.02. The molecule has 2 fully saturated rings. The summed E-state index contributed by atoms with van der Waals surface area (Å²) >= 11 is 0. The monoisotopic (exact) mass is 334 g/mol. The molecule has 0 amide bonds. The Balaban J connectivity index is 1.60. The first-order chi connectivity index (χ1) is 12.3. The molecule has 0 radical (unpaired) electrons. The van der Waals surface area contributed by atoms with Gasteiger partial charge in [-0.05, 0) is 31.9 Å². The summed E-state index contributed by atoms with van der Waals surface area (Å²) in [5.74, 6) is 0. The fourth-order valence-corrected chi connectivity index (χ4v) is 4.53. The van der Waals surface area contributed by atoms with Crippen LogP contribution in [0, 0.1) is 5.41 Å². The van der Waals surface area contributed by atoms with E-state index in [-0.39, 0.29) is 0 Å². The summed E-state index contributed by atoms with van der Waals surface area (Å²) in [6, 6.07) is 2.16. The van der Waals surface area contributed by atoms with Crippen LogP contribution < -0.4 is 10.2 Å². The number of aromatic nitrogens is 4. The van der Waals surface area contributed by atoms with Gasteiger partial charge in [-0.2, -0.15) is 0 Å². The standard InChI is InChI=1S/C19H22N6/c1-3-19(4-6-20-11-19)12-25(7-1)16-2-5-23-18-17(16)15(10-24-18)14-8-21-13-22-9-14/h2,5,8-10,13,20H,1,3-4,6-7,11-12H2,(H,23,24). The third-order valence-corrected chi connectivity index (χ3v) is 5.76. The van der Waals surface area contributed by atoms with Gasteiger partial charge in [0.1, 0.15) is 12.0 Å². The summed E-state index contributed by atoms with van der Waals surface area (Å²) in [5, 5.41) is 4.74. The zero-order valence-corrected chi connectivity index (χ0v) is 14.2. The molecule has 2 aliphatic heterocycles. The Kier molecular flexibility index (Phi) is 3.45. The van der Waals surface area contributed by atoms with Gasteiger partial charge in [0, 0.05) is 66.7 Å². The van der Waals surface area contributed by atoms with Crippen LogP contribution in [0.4, 0.5) is 5.69 Å². The number of hydrogen-bond acceptors (Lipinski definition) is 5. The summed E-state index contributed by atoms with van der Waals surface area (Å²) < 4.78 is 0. The molecule has 0 aliphatic carbocycles. The molecule has 25 heavy (non-hydrogen) atoms. The number of rotatable bonds is 2. The third-order valence-electron chi connectivity index (χ3n) is 5.76. The van der Waals surface area contributed by atoms with E-state index in [1.807, 2.05) is 24.8 Å². The van der Waals surface area contributed by atoms with Crippen LogP contribution in [0.3, 0.4) is 0 Å². The SMILES string of the molecule is c1ncc(-c2c[nH]c3nccc(N4CCCC5(CCNC5)C4)c23)cn1. The normalized spacial score (nSPS) is 23.6. The zero-order chi connectivity index (χ0) is 16.7. The summed E-state index contributed by atoms with van der Waals surface area (Å²) in [7, 11) is 0. The fourth-order valence-electron chi connectivity index (χ4n) is 4.53. The summed E-state index contributed by atoms with van der Waals surface area (Å²) in [6.45, 7) is 4.52. The first kappa shape index (κ1) is 14.8. The van der Waals surface area contributed by atoms with Crippen LogP contribution in [0.2, 0.25) is 0 Å². The third kappa shape index (κ3) is 2.48. The van der Waals surface area contributed by atoms with Gasteiger partial charge in [-0.1, -0.05) is 0 Å². The molecule has 5 rings (SSSR count). The van der Waals surface area contributed by atoms with E-state index in [0.717, 1.165) is 43.0 Å². The van der Waals surface area contributed by atoms with Gasteiger partial charge in [-0.3, -0.25) is 0 Å². The van der Waals surface area contributed by atoms with Crippen molar-refractivity contribution in [3.05, 3.63) is 37.2 Å². The maximum absolute atomic E-state index is 4.54. The molecule has 2 N–H and O–H groups in total. The van der Waals surface area contributed by atoms with E-state index < -0.39 is 0 Å². The van der Waals surface area contributed by atoms with Crippen LogP contribution in [-0.2, 0) is 0 Å². The lowest BCUT2D eigenvalue weighted by molar-refractivity contribution is 0.261. The Morgan fingerprint density at radius 3 is 2.92 bits per heavy atom. The van der Waals surface area contributed by atoms with E-state index in [9.17, 15) is 0 Å². The number of pyridine rings is 1. The van der Waals surface area contributed by atoms with Crippen molar-refractivity contribution < 1.29 is 0 Å². The second kappa shape index (κ2) is 5.81. The van der Waals surface area contributed by atoms with E-state index in [1.165, 1.54) is 30.3 Å². The van der Waals surface area contributed by atoms with E-state index in [2.05, 4.69) is 36.2 Å². The molecule has 128 valence electrons. The highest BCUT2D eigenvalue weighted by atomic mass is 15.2. The second-order valence-electron chi connectivity index (χ2n) is 7.34. The molecule has 6 heteroatoms. The Hall–Kier alpha value is -2.47. The van der Waals surface area contributed by atoms with E-state index in [1.54, 1.807) is 6.33 Å². The van der Waals surface area contributed by atoms with Crippen molar-refractivity contribution in [3.8, 4) is 11.1 Å². The predicted octanol–water partition coefficient (Wildman–Crippen LogP) is 2.60. The van der Waals surface area contributed by atoms with Crippen LogP contribution in [0.15, 0.2) is 37.2 Å². The molecule has 3 aromatic heterocycles. The van der Waals surface area contributed by atoms with Crippen molar-refractivity contribution >= 4 is 16.7 Å². The number of hydrogen-bond donors (Lipinski definition) is 2. The van der Waals surface area contributed by atoms with Crippen molar-refractivity contribution in [2.24, 2.45) is 5.41 Å². The molecular weight excluding hydrogens is 312 g/mol. The maximum Gasteiger partial charge on any atom is 0.139 e. The lowest BCUT2D eigenvalue weighted by Crippen LogP contribution is -2.44. The molecule has 6 nitrogen and oxygen atoms in total. The maximum atomic E-state index is 4.54. The van der Waals surface area contributed by atoms with Gasteiger partial charge in [0.25, 0.3) is 0 Å². The summed E-state index contributed by atoms with van der Waals surface area (Å²) in [5.41, 5.74) is 4.79. The molecule has 1 spiro atoms. The van der Waals surface area contributed by atoms with Crippen molar-refractivity contribution in [2.75, 3.05) is 31.1 Å². The highest BCUT2D eigenvalue weighted by molar-refractivity contribution is 6.02. The molecule has 3 aromatic rings. The number of anilines is 1. The Labute approximate surface area is 146 Å². The molecule has 2 saturated heterocycles. The van der Waals surface area contributed by atoms with Gasteiger partial charge in [0.2, 0.25) is 0 Å². The largest absolute Gasteiger partial charge is 0.370 e. The lowest BCUT2D eigenvalue weighted by atomic mass is 9.79. The van der Waals surface area contributed by atoms with Gasteiger partial charge in [0.15, 0.2) is 0 Å². The smallest absolute Gasteiger partial charge is 0.139 e. The average molecular weight is 334 g/mol.